The number of nitro groups is 1. The van der Waals surface area contributed by atoms with Crippen LogP contribution in [0.2, 0.25) is 5.02 Å². The molecule has 0 aliphatic heterocycles. The minimum atomic E-state index is -0.483. The van der Waals surface area contributed by atoms with Gasteiger partial charge in [0.2, 0.25) is 0 Å². The maximum atomic E-state index is 13.0. The molecule has 4 rings (SSSR count). The van der Waals surface area contributed by atoms with Gasteiger partial charge in [-0.25, -0.2) is 10.4 Å². The Hall–Kier alpha value is -4.30. The average Bonchev–Trinajstić information content (AvgIpc) is 2.83. The van der Waals surface area contributed by atoms with Crippen molar-refractivity contribution in [1.29, 1.82) is 0 Å². The van der Waals surface area contributed by atoms with E-state index in [4.69, 9.17) is 16.3 Å². The number of carbonyl (C=O) groups is 1. The Bertz CT molecular complexity index is 1370. The van der Waals surface area contributed by atoms with Crippen molar-refractivity contribution >= 4 is 40.3 Å². The van der Waals surface area contributed by atoms with Gasteiger partial charge in [0.1, 0.15) is 5.75 Å². The van der Waals surface area contributed by atoms with Crippen molar-refractivity contribution in [3.8, 4) is 17.0 Å². The molecule has 1 aromatic heterocycles. The quantitative estimate of drug-likeness (QED) is 0.240. The number of nitro benzene ring substituents is 1. The summed E-state index contributed by atoms with van der Waals surface area (Å²) in [6.45, 7) is 0. The lowest BCUT2D eigenvalue weighted by molar-refractivity contribution is -0.384. The van der Waals surface area contributed by atoms with E-state index in [0.717, 1.165) is 5.56 Å². The number of benzene rings is 3. The Morgan fingerprint density at radius 2 is 1.82 bits per heavy atom. The van der Waals surface area contributed by atoms with E-state index in [1.54, 1.807) is 31.4 Å². The van der Waals surface area contributed by atoms with Gasteiger partial charge in [0.15, 0.2) is 0 Å². The predicted molar refractivity (Wildman–Crippen MR) is 127 cm³/mol. The zero-order valence-electron chi connectivity index (χ0n) is 17.4. The molecule has 3 aromatic carbocycles. The molecule has 1 N–H and O–H groups in total. The molecule has 1 heterocycles. The van der Waals surface area contributed by atoms with E-state index in [-0.39, 0.29) is 5.69 Å². The summed E-state index contributed by atoms with van der Waals surface area (Å²) in [5, 5.41) is 15.8. The van der Waals surface area contributed by atoms with Crippen molar-refractivity contribution < 1.29 is 14.5 Å². The van der Waals surface area contributed by atoms with E-state index < -0.39 is 10.8 Å². The van der Waals surface area contributed by atoms with E-state index in [9.17, 15) is 14.9 Å². The van der Waals surface area contributed by atoms with E-state index in [0.29, 0.717) is 38.5 Å². The van der Waals surface area contributed by atoms with Gasteiger partial charge in [-0.15, -0.1) is 0 Å². The number of halogens is 1. The second kappa shape index (κ2) is 9.46. The van der Waals surface area contributed by atoms with Crippen molar-refractivity contribution in [3.63, 3.8) is 0 Å². The molecule has 0 bridgehead atoms. The van der Waals surface area contributed by atoms with Crippen LogP contribution < -0.4 is 10.2 Å². The third-order valence-electron chi connectivity index (χ3n) is 4.88. The van der Waals surface area contributed by atoms with E-state index in [1.165, 1.54) is 30.5 Å². The summed E-state index contributed by atoms with van der Waals surface area (Å²) in [6.07, 6.45) is 1.41. The van der Waals surface area contributed by atoms with Crippen molar-refractivity contribution in [1.82, 2.24) is 10.4 Å². The zero-order valence-corrected chi connectivity index (χ0v) is 18.1. The summed E-state index contributed by atoms with van der Waals surface area (Å²) in [6, 6.07) is 20.0. The van der Waals surface area contributed by atoms with Crippen LogP contribution in [0, 0.1) is 10.1 Å². The molecule has 0 unspecified atom stereocenters. The molecule has 0 saturated carbocycles. The van der Waals surface area contributed by atoms with Gasteiger partial charge in [0.05, 0.1) is 35.0 Å². The molecule has 9 heteroatoms. The van der Waals surface area contributed by atoms with Gasteiger partial charge in [-0.05, 0) is 66.2 Å². The van der Waals surface area contributed by atoms with Crippen LogP contribution in [0.5, 0.6) is 5.75 Å². The zero-order chi connectivity index (χ0) is 23.4. The first-order valence-corrected chi connectivity index (χ1v) is 10.1. The van der Waals surface area contributed by atoms with Crippen LogP contribution in [-0.4, -0.2) is 29.1 Å². The number of methoxy groups -OCH3 is 1. The molecule has 0 aliphatic carbocycles. The Balaban J connectivity index is 1.65. The number of ether oxygens (including phenoxy) is 1. The molecule has 0 saturated heterocycles. The molecule has 33 heavy (non-hydrogen) atoms. The number of hydrazone groups is 1. The lowest BCUT2D eigenvalue weighted by Gasteiger charge is -2.10. The molecular weight excluding hydrogens is 444 g/mol. The Kier molecular flexibility index (Phi) is 6.28. The van der Waals surface area contributed by atoms with E-state index in [1.807, 2.05) is 24.3 Å². The van der Waals surface area contributed by atoms with Crippen molar-refractivity contribution in [2.75, 3.05) is 7.11 Å². The molecule has 1 amide bonds. The number of non-ortho nitro benzene ring substituents is 1. The predicted octanol–water partition coefficient (Wildman–Crippen LogP) is 5.24. The number of hydrogen-bond donors (Lipinski definition) is 1. The van der Waals surface area contributed by atoms with Gasteiger partial charge in [-0.1, -0.05) is 11.6 Å². The summed E-state index contributed by atoms with van der Waals surface area (Å²) < 4.78 is 5.20. The van der Waals surface area contributed by atoms with Gasteiger partial charge in [-0.2, -0.15) is 5.10 Å². The first kappa shape index (κ1) is 21.9. The van der Waals surface area contributed by atoms with Crippen molar-refractivity contribution in [2.24, 2.45) is 5.10 Å². The minimum absolute atomic E-state index is 0.0256. The SMILES string of the molecule is COc1ccc(-c2cc(C(=O)N/N=C/c3ccc([N+](=O)[O-])cc3)c3cc(Cl)ccc3n2)cc1. The highest BCUT2D eigenvalue weighted by Gasteiger charge is 2.14. The van der Waals surface area contributed by atoms with Gasteiger partial charge in [-0.3, -0.25) is 14.9 Å². The number of carbonyl (C=O) groups excluding carboxylic acids is 1. The third kappa shape index (κ3) is 4.97. The van der Waals surface area contributed by atoms with Gasteiger partial charge in [0.25, 0.3) is 11.6 Å². The summed E-state index contributed by atoms with van der Waals surface area (Å²) in [4.78, 5) is 27.9. The number of rotatable bonds is 6. The Labute approximate surface area is 193 Å². The molecule has 4 aromatic rings. The molecule has 164 valence electrons. The van der Waals surface area contributed by atoms with E-state index in [2.05, 4.69) is 15.5 Å². The summed E-state index contributed by atoms with van der Waals surface area (Å²) in [5.41, 5.74) is 5.46. The molecular formula is C24H17ClN4O4. The molecule has 0 aliphatic rings. The molecule has 0 spiro atoms. The minimum Gasteiger partial charge on any atom is -0.497 e. The molecule has 0 radical (unpaired) electrons. The van der Waals surface area contributed by atoms with Gasteiger partial charge >= 0.3 is 0 Å². The second-order valence-electron chi connectivity index (χ2n) is 6.99. The first-order valence-electron chi connectivity index (χ1n) is 9.77. The molecule has 0 fully saturated rings. The molecule has 0 atom stereocenters. The highest BCUT2D eigenvalue weighted by Crippen LogP contribution is 2.28. The fourth-order valence-corrected chi connectivity index (χ4v) is 3.38. The van der Waals surface area contributed by atoms with Crippen LogP contribution in [0.3, 0.4) is 0 Å². The number of fused-ring (bicyclic) bond motifs is 1. The second-order valence-corrected chi connectivity index (χ2v) is 7.43. The fourth-order valence-electron chi connectivity index (χ4n) is 3.20. The van der Waals surface area contributed by atoms with Crippen LogP contribution in [0.15, 0.2) is 77.9 Å². The Morgan fingerprint density at radius 1 is 1.09 bits per heavy atom. The van der Waals surface area contributed by atoms with Gasteiger partial charge in [0, 0.05) is 28.1 Å². The van der Waals surface area contributed by atoms with Crippen LogP contribution in [0.4, 0.5) is 5.69 Å². The smallest absolute Gasteiger partial charge is 0.272 e. The number of amides is 1. The van der Waals surface area contributed by atoms with E-state index >= 15 is 0 Å². The number of hydrogen-bond acceptors (Lipinski definition) is 6. The standard InChI is InChI=1S/C24H17ClN4O4/c1-33-19-9-4-16(5-10-19)23-13-21(20-12-17(25)6-11-22(20)27-23)24(30)28-26-14-15-2-7-18(8-3-15)29(31)32/h2-14H,1H3,(H,28,30)/b26-14+. The first-order chi connectivity index (χ1) is 15.9. The summed E-state index contributed by atoms with van der Waals surface area (Å²) >= 11 is 6.15. The van der Waals surface area contributed by atoms with Crippen molar-refractivity contribution in [3.05, 3.63) is 99.1 Å². The fraction of sp³-hybridized carbons (Fsp3) is 0.0417. The lowest BCUT2D eigenvalue weighted by Crippen LogP contribution is -2.18. The van der Waals surface area contributed by atoms with Crippen molar-refractivity contribution in [2.45, 2.75) is 0 Å². The highest BCUT2D eigenvalue weighted by atomic mass is 35.5. The third-order valence-corrected chi connectivity index (χ3v) is 5.12. The summed E-state index contributed by atoms with van der Waals surface area (Å²) in [7, 11) is 1.59. The number of nitrogens with one attached hydrogen (secondary N) is 1. The van der Waals surface area contributed by atoms with Crippen LogP contribution >= 0.6 is 11.6 Å². The van der Waals surface area contributed by atoms with Crippen LogP contribution in [0.1, 0.15) is 15.9 Å². The monoisotopic (exact) mass is 460 g/mol. The maximum Gasteiger partial charge on any atom is 0.272 e. The highest BCUT2D eigenvalue weighted by molar-refractivity contribution is 6.31. The topological polar surface area (TPSA) is 107 Å². The largest absolute Gasteiger partial charge is 0.497 e. The number of nitrogens with zero attached hydrogens (tertiary/aromatic N) is 3. The Morgan fingerprint density at radius 3 is 2.48 bits per heavy atom. The maximum absolute atomic E-state index is 13.0. The molecule has 8 nitrogen and oxygen atoms in total. The number of pyridine rings is 1. The average molecular weight is 461 g/mol. The summed E-state index contributed by atoms with van der Waals surface area (Å²) in [5.74, 6) is 0.266. The lowest BCUT2D eigenvalue weighted by atomic mass is 10.0. The van der Waals surface area contributed by atoms with Crippen LogP contribution in [-0.2, 0) is 0 Å². The van der Waals surface area contributed by atoms with Gasteiger partial charge < -0.3 is 4.74 Å². The normalized spacial score (nSPS) is 11.0. The van der Waals surface area contributed by atoms with Crippen LogP contribution in [0.25, 0.3) is 22.2 Å². The number of aromatic nitrogens is 1.